The summed E-state index contributed by atoms with van der Waals surface area (Å²) >= 11 is 0. The second-order valence-corrected chi connectivity index (χ2v) is 6.99. The van der Waals surface area contributed by atoms with Crippen molar-refractivity contribution in [3.63, 3.8) is 0 Å². The number of aromatic nitrogens is 1. The van der Waals surface area contributed by atoms with E-state index in [1.807, 2.05) is 30.0 Å². The van der Waals surface area contributed by atoms with Crippen LogP contribution < -0.4 is 0 Å². The van der Waals surface area contributed by atoms with Crippen molar-refractivity contribution in [1.29, 1.82) is 0 Å². The minimum atomic E-state index is 0.103. The van der Waals surface area contributed by atoms with Gasteiger partial charge in [0.2, 0.25) is 5.91 Å². The van der Waals surface area contributed by atoms with Gasteiger partial charge in [0.1, 0.15) is 6.61 Å². The second kappa shape index (κ2) is 8.74. The van der Waals surface area contributed by atoms with Crippen molar-refractivity contribution >= 4 is 5.91 Å². The van der Waals surface area contributed by atoms with Crippen LogP contribution in [0.2, 0.25) is 0 Å². The Morgan fingerprint density at radius 2 is 2.20 bits per heavy atom. The van der Waals surface area contributed by atoms with Gasteiger partial charge in [-0.3, -0.25) is 9.78 Å². The van der Waals surface area contributed by atoms with E-state index >= 15 is 0 Å². The molecule has 2 saturated heterocycles. The highest BCUT2D eigenvalue weighted by Crippen LogP contribution is 2.42. The molecular formula is C19H28N2O4. The molecule has 0 aliphatic carbocycles. The average molecular weight is 348 g/mol. The first-order valence-electron chi connectivity index (χ1n) is 9.15. The van der Waals surface area contributed by atoms with Gasteiger partial charge in [0.25, 0.3) is 0 Å². The summed E-state index contributed by atoms with van der Waals surface area (Å²) < 4.78 is 17.0. The molecule has 0 N–H and O–H groups in total. The summed E-state index contributed by atoms with van der Waals surface area (Å²) in [6.07, 6.45) is 4.95. The average Bonchev–Trinajstić information content (AvgIpc) is 3.04. The van der Waals surface area contributed by atoms with Crippen LogP contribution in [0.1, 0.15) is 31.9 Å². The van der Waals surface area contributed by atoms with Crippen LogP contribution in [0.25, 0.3) is 0 Å². The summed E-state index contributed by atoms with van der Waals surface area (Å²) in [4.78, 5) is 18.2. The number of hydrogen-bond donors (Lipinski definition) is 0. The van der Waals surface area contributed by atoms with Gasteiger partial charge < -0.3 is 19.1 Å². The lowest BCUT2D eigenvalue weighted by molar-refractivity contribution is -0.138. The van der Waals surface area contributed by atoms with E-state index < -0.39 is 0 Å². The first kappa shape index (κ1) is 18.3. The molecule has 1 aromatic heterocycles. The number of carbonyl (C=O) groups excluding carboxylic acids is 1. The van der Waals surface area contributed by atoms with Gasteiger partial charge >= 0.3 is 0 Å². The van der Waals surface area contributed by atoms with Crippen molar-refractivity contribution in [3.8, 4) is 0 Å². The van der Waals surface area contributed by atoms with Crippen molar-refractivity contribution < 1.29 is 19.0 Å². The first-order valence-corrected chi connectivity index (χ1v) is 9.15. The molecule has 1 atom stereocenters. The highest BCUT2D eigenvalue weighted by molar-refractivity contribution is 5.77. The SMILES string of the molecule is CCOCC(=O)N1CCC2(CC1)COC(COCc1ccccn1)C2. The third-order valence-electron chi connectivity index (χ3n) is 5.17. The first-order chi connectivity index (χ1) is 12.2. The highest BCUT2D eigenvalue weighted by atomic mass is 16.5. The largest absolute Gasteiger partial charge is 0.375 e. The summed E-state index contributed by atoms with van der Waals surface area (Å²) in [5, 5.41) is 0. The number of ether oxygens (including phenoxy) is 3. The monoisotopic (exact) mass is 348 g/mol. The van der Waals surface area contributed by atoms with E-state index in [2.05, 4.69) is 4.98 Å². The molecule has 1 unspecified atom stereocenters. The molecular weight excluding hydrogens is 320 g/mol. The zero-order valence-electron chi connectivity index (χ0n) is 15.0. The zero-order chi connectivity index (χ0) is 17.5. The Kier molecular flexibility index (Phi) is 6.39. The maximum Gasteiger partial charge on any atom is 0.248 e. The smallest absolute Gasteiger partial charge is 0.248 e. The fourth-order valence-corrected chi connectivity index (χ4v) is 3.64. The van der Waals surface area contributed by atoms with Crippen molar-refractivity contribution in [2.45, 2.75) is 38.9 Å². The van der Waals surface area contributed by atoms with E-state index in [0.29, 0.717) is 19.8 Å². The fraction of sp³-hybridized carbons (Fsp3) is 0.684. The number of carbonyl (C=O) groups is 1. The minimum Gasteiger partial charge on any atom is -0.375 e. The third kappa shape index (κ3) is 5.00. The Morgan fingerprint density at radius 1 is 1.36 bits per heavy atom. The summed E-state index contributed by atoms with van der Waals surface area (Å²) in [5.74, 6) is 0.103. The molecule has 6 heteroatoms. The molecule has 138 valence electrons. The normalized spacial score (nSPS) is 22.4. The number of piperidine rings is 1. The van der Waals surface area contributed by atoms with Crippen molar-refractivity contribution in [3.05, 3.63) is 30.1 Å². The minimum absolute atomic E-state index is 0.103. The summed E-state index contributed by atoms with van der Waals surface area (Å²) in [6.45, 7) is 6.19. The second-order valence-electron chi connectivity index (χ2n) is 6.99. The number of hydrogen-bond acceptors (Lipinski definition) is 5. The predicted molar refractivity (Wildman–Crippen MR) is 93.0 cm³/mol. The molecule has 2 aliphatic rings. The number of pyridine rings is 1. The van der Waals surface area contributed by atoms with Gasteiger partial charge in [0.05, 0.1) is 31.6 Å². The Morgan fingerprint density at radius 3 is 2.92 bits per heavy atom. The van der Waals surface area contributed by atoms with Gasteiger partial charge in [0.15, 0.2) is 0 Å². The summed E-state index contributed by atoms with van der Waals surface area (Å²) in [7, 11) is 0. The highest BCUT2D eigenvalue weighted by Gasteiger charge is 2.43. The molecule has 25 heavy (non-hydrogen) atoms. The Labute approximate surface area is 149 Å². The number of likely N-dealkylation sites (tertiary alicyclic amines) is 1. The van der Waals surface area contributed by atoms with E-state index in [1.54, 1.807) is 6.20 Å². The fourth-order valence-electron chi connectivity index (χ4n) is 3.64. The van der Waals surface area contributed by atoms with Crippen molar-refractivity contribution in [2.24, 2.45) is 5.41 Å². The van der Waals surface area contributed by atoms with E-state index in [4.69, 9.17) is 14.2 Å². The molecule has 1 aromatic rings. The molecule has 6 nitrogen and oxygen atoms in total. The quantitative estimate of drug-likeness (QED) is 0.755. The molecule has 1 amide bonds. The Bertz CT molecular complexity index is 544. The van der Waals surface area contributed by atoms with Gasteiger partial charge in [0, 0.05) is 25.9 Å². The lowest BCUT2D eigenvalue weighted by Crippen LogP contribution is -2.45. The van der Waals surface area contributed by atoms with Crippen LogP contribution in [0.4, 0.5) is 0 Å². The molecule has 2 aliphatic heterocycles. The van der Waals surface area contributed by atoms with Crippen LogP contribution in [-0.4, -0.2) is 61.4 Å². The lowest BCUT2D eigenvalue weighted by Gasteiger charge is -2.38. The van der Waals surface area contributed by atoms with Gasteiger partial charge in [-0.1, -0.05) is 6.07 Å². The van der Waals surface area contributed by atoms with Crippen molar-refractivity contribution in [2.75, 3.05) is 39.5 Å². The summed E-state index contributed by atoms with van der Waals surface area (Å²) in [6, 6.07) is 5.83. The predicted octanol–water partition coefficient (Wildman–Crippen LogP) is 2.03. The number of rotatable bonds is 7. The van der Waals surface area contributed by atoms with Crippen LogP contribution in [0.5, 0.6) is 0 Å². The van der Waals surface area contributed by atoms with Gasteiger partial charge in [-0.05, 0) is 43.7 Å². The zero-order valence-corrected chi connectivity index (χ0v) is 15.0. The molecule has 0 radical (unpaired) electrons. The molecule has 2 fully saturated rings. The van der Waals surface area contributed by atoms with Crippen LogP contribution in [-0.2, 0) is 25.6 Å². The van der Waals surface area contributed by atoms with E-state index in [-0.39, 0.29) is 24.0 Å². The molecule has 0 bridgehead atoms. The van der Waals surface area contributed by atoms with E-state index in [1.165, 1.54) is 0 Å². The van der Waals surface area contributed by atoms with Gasteiger partial charge in [-0.2, -0.15) is 0 Å². The standard InChI is InChI=1S/C19H28N2O4/c1-2-23-14-18(22)21-9-6-19(7-10-21)11-17(25-15-19)13-24-12-16-5-3-4-8-20-16/h3-5,8,17H,2,6-7,9-15H2,1H3. The topological polar surface area (TPSA) is 60.9 Å². The van der Waals surface area contributed by atoms with Crippen molar-refractivity contribution in [1.82, 2.24) is 9.88 Å². The molecule has 0 saturated carbocycles. The summed E-state index contributed by atoms with van der Waals surface area (Å²) in [5.41, 5.74) is 1.15. The molecule has 1 spiro atoms. The third-order valence-corrected chi connectivity index (χ3v) is 5.17. The van der Waals surface area contributed by atoms with E-state index in [0.717, 1.165) is 44.7 Å². The van der Waals surface area contributed by atoms with Gasteiger partial charge in [-0.25, -0.2) is 0 Å². The van der Waals surface area contributed by atoms with Crippen LogP contribution in [0.3, 0.4) is 0 Å². The number of nitrogens with zero attached hydrogens (tertiary/aromatic N) is 2. The molecule has 3 rings (SSSR count). The van der Waals surface area contributed by atoms with Crippen LogP contribution in [0, 0.1) is 5.41 Å². The Balaban J connectivity index is 1.38. The Hall–Kier alpha value is -1.50. The molecule has 0 aromatic carbocycles. The lowest BCUT2D eigenvalue weighted by atomic mass is 9.76. The van der Waals surface area contributed by atoms with Crippen LogP contribution >= 0.6 is 0 Å². The number of amides is 1. The maximum atomic E-state index is 12.0. The van der Waals surface area contributed by atoms with E-state index in [9.17, 15) is 4.79 Å². The maximum absolute atomic E-state index is 12.0. The van der Waals surface area contributed by atoms with Crippen LogP contribution in [0.15, 0.2) is 24.4 Å². The molecule has 3 heterocycles. The van der Waals surface area contributed by atoms with Gasteiger partial charge in [-0.15, -0.1) is 0 Å².